The van der Waals surface area contributed by atoms with Crippen molar-refractivity contribution in [3.05, 3.63) is 77.9 Å². The van der Waals surface area contributed by atoms with Gasteiger partial charge in [-0.15, -0.1) is 0 Å². The number of rotatable bonds is 2. The van der Waals surface area contributed by atoms with E-state index in [1.54, 1.807) is 6.07 Å². The average molecular weight is 327 g/mol. The second-order valence-electron chi connectivity index (χ2n) is 6.21. The Morgan fingerprint density at radius 2 is 1.44 bits per heavy atom. The lowest BCUT2D eigenvalue weighted by Crippen LogP contribution is -2.14. The Morgan fingerprint density at radius 1 is 0.840 bits per heavy atom. The Hall–Kier alpha value is -3.33. The minimum absolute atomic E-state index is 0.136. The molecule has 0 aliphatic rings. The molecular formula is C22H17NO2. The number of hydrogen-bond donors (Lipinski definition) is 2. The molecule has 4 aromatic carbocycles. The molecule has 4 aromatic rings. The second-order valence-corrected chi connectivity index (χ2v) is 6.21. The van der Waals surface area contributed by atoms with Crippen LogP contribution in [0, 0.1) is 6.92 Å². The Balaban J connectivity index is 2.27. The molecule has 3 heteroatoms. The van der Waals surface area contributed by atoms with Crippen LogP contribution in [0.2, 0.25) is 0 Å². The van der Waals surface area contributed by atoms with Gasteiger partial charge in [-0.3, -0.25) is 4.79 Å². The highest BCUT2D eigenvalue weighted by molar-refractivity contribution is 6.15. The van der Waals surface area contributed by atoms with E-state index in [4.69, 9.17) is 5.73 Å². The van der Waals surface area contributed by atoms with Gasteiger partial charge in [-0.2, -0.15) is 0 Å². The molecule has 0 fully saturated rings. The molecule has 0 saturated carbocycles. The minimum Gasteiger partial charge on any atom is -0.507 e. The van der Waals surface area contributed by atoms with E-state index < -0.39 is 5.91 Å². The molecule has 0 aliphatic carbocycles. The monoisotopic (exact) mass is 327 g/mol. The molecule has 0 radical (unpaired) electrons. The first kappa shape index (κ1) is 15.2. The van der Waals surface area contributed by atoms with Crippen molar-refractivity contribution in [3.63, 3.8) is 0 Å². The van der Waals surface area contributed by atoms with Gasteiger partial charge in [0.2, 0.25) is 5.91 Å². The minimum atomic E-state index is -0.495. The van der Waals surface area contributed by atoms with Crippen LogP contribution in [-0.4, -0.2) is 11.0 Å². The van der Waals surface area contributed by atoms with E-state index >= 15 is 0 Å². The van der Waals surface area contributed by atoms with Gasteiger partial charge < -0.3 is 10.8 Å². The largest absolute Gasteiger partial charge is 0.507 e. The number of primary amides is 1. The summed E-state index contributed by atoms with van der Waals surface area (Å²) >= 11 is 0. The maximum atomic E-state index is 12.2. The van der Waals surface area contributed by atoms with E-state index in [0.717, 1.165) is 27.1 Å². The van der Waals surface area contributed by atoms with Gasteiger partial charge in [-0.05, 0) is 40.1 Å². The maximum absolute atomic E-state index is 12.2. The topological polar surface area (TPSA) is 63.3 Å². The summed E-state index contributed by atoms with van der Waals surface area (Å²) in [6.07, 6.45) is 0. The smallest absolute Gasteiger partial charge is 0.249 e. The summed E-state index contributed by atoms with van der Waals surface area (Å²) in [7, 11) is 0. The zero-order chi connectivity index (χ0) is 17.6. The van der Waals surface area contributed by atoms with E-state index in [9.17, 15) is 9.90 Å². The molecule has 1 amide bonds. The van der Waals surface area contributed by atoms with Gasteiger partial charge in [-0.25, -0.2) is 0 Å². The Morgan fingerprint density at radius 3 is 2.12 bits per heavy atom. The van der Waals surface area contributed by atoms with Crippen molar-refractivity contribution in [1.82, 2.24) is 0 Å². The summed E-state index contributed by atoms with van der Waals surface area (Å²) in [6, 6.07) is 21.1. The molecule has 0 aromatic heterocycles. The number of fused-ring (bicyclic) bond motifs is 2. The van der Waals surface area contributed by atoms with Crippen LogP contribution in [0.5, 0.6) is 5.75 Å². The van der Waals surface area contributed by atoms with Gasteiger partial charge in [0.25, 0.3) is 0 Å². The van der Waals surface area contributed by atoms with Crippen molar-refractivity contribution in [2.24, 2.45) is 5.73 Å². The van der Waals surface area contributed by atoms with Crippen LogP contribution in [0.4, 0.5) is 0 Å². The van der Waals surface area contributed by atoms with Crippen molar-refractivity contribution >= 4 is 27.5 Å². The van der Waals surface area contributed by atoms with Gasteiger partial charge in [0.05, 0.1) is 5.56 Å². The number of nitrogens with two attached hydrogens (primary N) is 1. The third-order valence-electron chi connectivity index (χ3n) is 4.65. The highest BCUT2D eigenvalue weighted by Gasteiger charge is 2.21. The van der Waals surface area contributed by atoms with Gasteiger partial charge >= 0.3 is 0 Å². The predicted molar refractivity (Wildman–Crippen MR) is 102 cm³/mol. The van der Waals surface area contributed by atoms with Gasteiger partial charge in [0.1, 0.15) is 5.75 Å². The van der Waals surface area contributed by atoms with E-state index in [1.807, 2.05) is 67.6 Å². The molecule has 3 nitrogen and oxygen atoms in total. The predicted octanol–water partition coefficient (Wildman–Crippen LogP) is 4.77. The number of hydrogen-bond acceptors (Lipinski definition) is 2. The van der Waals surface area contributed by atoms with Gasteiger partial charge in [0.15, 0.2) is 0 Å². The molecule has 0 spiro atoms. The fourth-order valence-electron chi connectivity index (χ4n) is 3.59. The number of aryl methyl sites for hydroxylation is 1. The lowest BCUT2D eigenvalue weighted by molar-refractivity contribution is 0.100. The molecule has 3 N–H and O–H groups in total. The molecule has 0 bridgehead atoms. The van der Waals surface area contributed by atoms with Crippen LogP contribution in [-0.2, 0) is 0 Å². The van der Waals surface area contributed by atoms with Crippen molar-refractivity contribution < 1.29 is 9.90 Å². The van der Waals surface area contributed by atoms with E-state index in [2.05, 4.69) is 0 Å². The summed E-state index contributed by atoms with van der Waals surface area (Å²) < 4.78 is 0. The average Bonchev–Trinajstić information content (AvgIpc) is 2.60. The zero-order valence-corrected chi connectivity index (χ0v) is 13.8. The van der Waals surface area contributed by atoms with Crippen LogP contribution in [0.1, 0.15) is 15.9 Å². The molecule has 25 heavy (non-hydrogen) atoms. The number of phenolic OH excluding ortho intramolecular Hbond substituents is 1. The number of aromatic hydroxyl groups is 1. The van der Waals surface area contributed by atoms with Crippen LogP contribution in [0.25, 0.3) is 32.7 Å². The molecule has 0 atom stereocenters. The highest BCUT2D eigenvalue weighted by Crippen LogP contribution is 2.42. The lowest BCUT2D eigenvalue weighted by Gasteiger charge is -2.17. The SMILES string of the molecule is Cc1cc2ccccc2c(-c2c(O)ccc3ccccc23)c1C(N)=O. The highest BCUT2D eigenvalue weighted by atomic mass is 16.3. The molecule has 0 saturated heterocycles. The van der Waals surface area contributed by atoms with Gasteiger partial charge in [-0.1, -0.05) is 60.7 Å². The van der Waals surface area contributed by atoms with Crippen molar-refractivity contribution in [3.8, 4) is 16.9 Å². The molecule has 4 rings (SSSR count). The van der Waals surface area contributed by atoms with Crippen molar-refractivity contribution in [2.45, 2.75) is 6.92 Å². The first-order valence-electron chi connectivity index (χ1n) is 8.11. The fraction of sp³-hybridized carbons (Fsp3) is 0.0455. The van der Waals surface area contributed by atoms with E-state index in [1.165, 1.54) is 0 Å². The first-order valence-corrected chi connectivity index (χ1v) is 8.11. The third-order valence-corrected chi connectivity index (χ3v) is 4.65. The Kier molecular flexibility index (Phi) is 3.43. The number of amides is 1. The first-order chi connectivity index (χ1) is 12.1. The van der Waals surface area contributed by atoms with E-state index in [-0.39, 0.29) is 5.75 Å². The quantitative estimate of drug-likeness (QED) is 0.557. The summed E-state index contributed by atoms with van der Waals surface area (Å²) in [5, 5.41) is 14.5. The number of benzene rings is 4. The van der Waals surface area contributed by atoms with Crippen molar-refractivity contribution in [1.29, 1.82) is 0 Å². The number of carbonyl (C=O) groups is 1. The Labute approximate surface area is 145 Å². The lowest BCUT2D eigenvalue weighted by atomic mass is 9.87. The van der Waals surface area contributed by atoms with Gasteiger partial charge in [0, 0.05) is 11.1 Å². The molecule has 0 aliphatic heterocycles. The summed E-state index contributed by atoms with van der Waals surface area (Å²) in [5.41, 5.74) is 8.30. The molecule has 0 unspecified atom stereocenters. The van der Waals surface area contributed by atoms with Crippen LogP contribution in [0.15, 0.2) is 66.7 Å². The van der Waals surface area contributed by atoms with Crippen LogP contribution >= 0.6 is 0 Å². The Bertz CT molecular complexity index is 1150. The zero-order valence-electron chi connectivity index (χ0n) is 13.8. The van der Waals surface area contributed by atoms with Crippen molar-refractivity contribution in [2.75, 3.05) is 0 Å². The number of phenols is 1. The standard InChI is InChI=1S/C22H17NO2/c1-13-12-15-7-3-5-9-17(15)21(19(13)22(23)25)20-16-8-4-2-6-14(16)10-11-18(20)24/h2-12,24H,1H3,(H2,23,25). The third kappa shape index (κ3) is 2.32. The molecule has 122 valence electrons. The summed E-state index contributed by atoms with van der Waals surface area (Å²) in [4.78, 5) is 12.2. The fourth-order valence-corrected chi connectivity index (χ4v) is 3.59. The summed E-state index contributed by atoms with van der Waals surface area (Å²) in [6.45, 7) is 1.87. The van der Waals surface area contributed by atoms with Crippen LogP contribution < -0.4 is 5.73 Å². The summed E-state index contributed by atoms with van der Waals surface area (Å²) in [5.74, 6) is -0.359. The number of carbonyl (C=O) groups excluding carboxylic acids is 1. The van der Waals surface area contributed by atoms with E-state index in [0.29, 0.717) is 16.7 Å². The second kappa shape index (κ2) is 5.64. The molecule has 0 heterocycles. The maximum Gasteiger partial charge on any atom is 0.249 e. The molecular weight excluding hydrogens is 310 g/mol. The normalized spacial score (nSPS) is 11.1. The van der Waals surface area contributed by atoms with Crippen LogP contribution in [0.3, 0.4) is 0 Å².